The highest BCUT2D eigenvalue weighted by Gasteiger charge is 2.11. The molecule has 1 rings (SSSR count). The Morgan fingerprint density at radius 2 is 2.06 bits per heavy atom. The Balaban J connectivity index is 2.22. The summed E-state index contributed by atoms with van der Waals surface area (Å²) in [6, 6.07) is 1.72. The van der Waals surface area contributed by atoms with Gasteiger partial charge in [0.25, 0.3) is 5.91 Å². The second-order valence-corrected chi connectivity index (χ2v) is 4.62. The molecule has 0 unspecified atom stereocenters. The van der Waals surface area contributed by atoms with Crippen LogP contribution in [-0.4, -0.2) is 24.4 Å². The highest BCUT2D eigenvalue weighted by Crippen LogP contribution is 2.00. The Morgan fingerprint density at radius 1 is 1.33 bits per heavy atom. The minimum Gasteiger partial charge on any atom is -0.472 e. The Bertz CT molecular complexity index is 385. The number of carbonyl (C=O) groups excluding carboxylic acids is 2. The van der Waals surface area contributed by atoms with Gasteiger partial charge in [0.2, 0.25) is 5.91 Å². The predicted octanol–water partition coefficient (Wildman–Crippen LogP) is 1.56. The second kappa shape index (κ2) is 6.83. The Hall–Kier alpha value is -1.78. The fourth-order valence-corrected chi connectivity index (χ4v) is 1.28. The lowest BCUT2D eigenvalue weighted by molar-refractivity contribution is -0.121. The number of nitrogens with one attached hydrogen (secondary N) is 2. The van der Waals surface area contributed by atoms with Gasteiger partial charge in [-0.25, -0.2) is 0 Å². The van der Waals surface area contributed by atoms with Crippen molar-refractivity contribution in [3.05, 3.63) is 24.2 Å². The topological polar surface area (TPSA) is 71.3 Å². The van der Waals surface area contributed by atoms with E-state index in [2.05, 4.69) is 10.6 Å². The first kappa shape index (κ1) is 14.3. The van der Waals surface area contributed by atoms with Crippen LogP contribution in [0.3, 0.4) is 0 Å². The Morgan fingerprint density at radius 3 is 2.61 bits per heavy atom. The van der Waals surface area contributed by atoms with E-state index in [0.29, 0.717) is 18.0 Å². The van der Waals surface area contributed by atoms with Gasteiger partial charge in [-0.1, -0.05) is 13.8 Å². The Kier molecular flexibility index (Phi) is 5.42. The lowest BCUT2D eigenvalue weighted by Gasteiger charge is -2.17. The summed E-state index contributed by atoms with van der Waals surface area (Å²) in [5.41, 5.74) is 0.464. The van der Waals surface area contributed by atoms with E-state index in [0.717, 1.165) is 0 Å². The number of amides is 2. The molecule has 0 spiro atoms. The first-order valence-electron chi connectivity index (χ1n) is 6.10. The van der Waals surface area contributed by atoms with E-state index >= 15 is 0 Å². The molecule has 1 atom stereocenters. The molecule has 0 aromatic carbocycles. The SMILES string of the molecule is CC(C)[C@H](C)NC(=O)CCNC(=O)c1ccoc1. The normalized spacial score (nSPS) is 12.2. The van der Waals surface area contributed by atoms with Crippen molar-refractivity contribution in [2.24, 2.45) is 5.92 Å². The molecule has 2 amide bonds. The van der Waals surface area contributed by atoms with Gasteiger partial charge in [-0.2, -0.15) is 0 Å². The molecule has 100 valence electrons. The van der Waals surface area contributed by atoms with E-state index in [9.17, 15) is 9.59 Å². The minimum atomic E-state index is -0.228. The molecule has 0 aliphatic heterocycles. The average molecular weight is 252 g/mol. The van der Waals surface area contributed by atoms with Crippen molar-refractivity contribution in [2.45, 2.75) is 33.2 Å². The molecule has 0 fully saturated rings. The van der Waals surface area contributed by atoms with Gasteiger partial charge >= 0.3 is 0 Å². The summed E-state index contributed by atoms with van der Waals surface area (Å²) in [7, 11) is 0. The maximum atomic E-state index is 11.5. The highest BCUT2D eigenvalue weighted by atomic mass is 16.3. The maximum Gasteiger partial charge on any atom is 0.254 e. The summed E-state index contributed by atoms with van der Waals surface area (Å²) < 4.78 is 4.80. The van der Waals surface area contributed by atoms with Gasteiger partial charge in [-0.3, -0.25) is 9.59 Å². The standard InChI is InChI=1S/C13H20N2O3/c1-9(2)10(3)15-12(16)4-6-14-13(17)11-5-7-18-8-11/h5,7-10H,4,6H2,1-3H3,(H,14,17)(H,15,16)/t10-/m0/s1. The van der Waals surface area contributed by atoms with Crippen LogP contribution in [0.25, 0.3) is 0 Å². The Labute approximate surface area is 107 Å². The van der Waals surface area contributed by atoms with E-state index < -0.39 is 0 Å². The smallest absolute Gasteiger partial charge is 0.254 e. The van der Waals surface area contributed by atoms with Crippen LogP contribution < -0.4 is 10.6 Å². The summed E-state index contributed by atoms with van der Waals surface area (Å²) in [6.07, 6.45) is 3.09. The van der Waals surface area contributed by atoms with E-state index in [1.54, 1.807) is 6.07 Å². The van der Waals surface area contributed by atoms with E-state index in [1.165, 1.54) is 12.5 Å². The summed E-state index contributed by atoms with van der Waals surface area (Å²) >= 11 is 0. The molecule has 5 nitrogen and oxygen atoms in total. The molecule has 0 radical (unpaired) electrons. The van der Waals surface area contributed by atoms with Crippen LogP contribution in [0, 0.1) is 5.92 Å². The quantitative estimate of drug-likeness (QED) is 0.807. The van der Waals surface area contributed by atoms with Gasteiger partial charge in [-0.15, -0.1) is 0 Å². The van der Waals surface area contributed by atoms with Crippen LogP contribution in [0.4, 0.5) is 0 Å². The van der Waals surface area contributed by atoms with Crippen LogP contribution in [0.2, 0.25) is 0 Å². The van der Waals surface area contributed by atoms with Gasteiger partial charge in [0.1, 0.15) is 6.26 Å². The van der Waals surface area contributed by atoms with Crippen molar-refractivity contribution in [1.82, 2.24) is 10.6 Å². The average Bonchev–Trinajstić information content (AvgIpc) is 2.81. The first-order chi connectivity index (χ1) is 8.50. The third-order valence-electron chi connectivity index (χ3n) is 2.81. The minimum absolute atomic E-state index is 0.0521. The summed E-state index contributed by atoms with van der Waals surface area (Å²) in [5.74, 6) is 0.117. The van der Waals surface area contributed by atoms with Gasteiger partial charge in [0.15, 0.2) is 0 Å². The zero-order valence-electron chi connectivity index (χ0n) is 11.0. The molecule has 2 N–H and O–H groups in total. The number of hydrogen-bond acceptors (Lipinski definition) is 3. The van der Waals surface area contributed by atoms with Crippen molar-refractivity contribution >= 4 is 11.8 Å². The van der Waals surface area contributed by atoms with Crippen LogP contribution in [0.15, 0.2) is 23.0 Å². The molecule has 0 aliphatic rings. The fourth-order valence-electron chi connectivity index (χ4n) is 1.28. The molecule has 1 aromatic heterocycles. The molecular weight excluding hydrogens is 232 g/mol. The van der Waals surface area contributed by atoms with Crippen LogP contribution in [0.5, 0.6) is 0 Å². The molecule has 1 heterocycles. The summed E-state index contributed by atoms with van der Waals surface area (Å²) in [5, 5.41) is 5.54. The maximum absolute atomic E-state index is 11.5. The lowest BCUT2D eigenvalue weighted by Crippen LogP contribution is -2.38. The van der Waals surface area contributed by atoms with Crippen molar-refractivity contribution in [1.29, 1.82) is 0 Å². The van der Waals surface area contributed by atoms with E-state index in [1.807, 2.05) is 20.8 Å². The van der Waals surface area contributed by atoms with Crippen LogP contribution in [-0.2, 0) is 4.79 Å². The third-order valence-corrected chi connectivity index (χ3v) is 2.81. The van der Waals surface area contributed by atoms with Crippen LogP contribution >= 0.6 is 0 Å². The largest absolute Gasteiger partial charge is 0.472 e. The van der Waals surface area contributed by atoms with Crippen molar-refractivity contribution in [3.8, 4) is 0 Å². The number of furan rings is 1. The fraction of sp³-hybridized carbons (Fsp3) is 0.538. The molecule has 0 aliphatic carbocycles. The van der Waals surface area contributed by atoms with Gasteiger partial charge in [0, 0.05) is 19.0 Å². The molecule has 0 bridgehead atoms. The monoisotopic (exact) mass is 252 g/mol. The lowest BCUT2D eigenvalue weighted by atomic mass is 10.1. The zero-order chi connectivity index (χ0) is 13.5. The molecule has 1 aromatic rings. The van der Waals surface area contributed by atoms with Gasteiger partial charge in [0.05, 0.1) is 11.8 Å². The van der Waals surface area contributed by atoms with Gasteiger partial charge in [-0.05, 0) is 18.9 Å². The predicted molar refractivity (Wildman–Crippen MR) is 68.1 cm³/mol. The first-order valence-corrected chi connectivity index (χ1v) is 6.10. The second-order valence-electron chi connectivity index (χ2n) is 4.62. The van der Waals surface area contributed by atoms with E-state index in [-0.39, 0.29) is 24.3 Å². The van der Waals surface area contributed by atoms with Crippen molar-refractivity contribution in [3.63, 3.8) is 0 Å². The van der Waals surface area contributed by atoms with Crippen molar-refractivity contribution in [2.75, 3.05) is 6.54 Å². The zero-order valence-corrected chi connectivity index (χ0v) is 11.0. The number of carbonyl (C=O) groups is 2. The molecule has 5 heteroatoms. The third kappa shape index (κ3) is 4.61. The van der Waals surface area contributed by atoms with Gasteiger partial charge < -0.3 is 15.1 Å². The molecule has 18 heavy (non-hydrogen) atoms. The molecule has 0 saturated carbocycles. The molecule has 0 saturated heterocycles. The number of rotatable bonds is 6. The highest BCUT2D eigenvalue weighted by molar-refractivity contribution is 5.94. The van der Waals surface area contributed by atoms with Crippen LogP contribution in [0.1, 0.15) is 37.6 Å². The summed E-state index contributed by atoms with van der Waals surface area (Å²) in [4.78, 5) is 23.1. The van der Waals surface area contributed by atoms with Crippen molar-refractivity contribution < 1.29 is 14.0 Å². The summed E-state index contributed by atoms with van der Waals surface area (Å²) in [6.45, 7) is 6.38. The molecular formula is C13H20N2O3. The number of hydrogen-bond donors (Lipinski definition) is 2. The van der Waals surface area contributed by atoms with E-state index in [4.69, 9.17) is 4.42 Å².